The van der Waals surface area contributed by atoms with E-state index in [0.717, 1.165) is 31.5 Å². The van der Waals surface area contributed by atoms with E-state index in [1.165, 1.54) is 0 Å². The van der Waals surface area contributed by atoms with Gasteiger partial charge in [0.2, 0.25) is 0 Å². The third-order valence-electron chi connectivity index (χ3n) is 3.46. The highest BCUT2D eigenvalue weighted by molar-refractivity contribution is 5.62. The summed E-state index contributed by atoms with van der Waals surface area (Å²) in [6.45, 7) is 1.30. The van der Waals surface area contributed by atoms with Gasteiger partial charge in [0.05, 0.1) is 4.92 Å². The van der Waals surface area contributed by atoms with Gasteiger partial charge in [-0.25, -0.2) is 8.78 Å². The standard InChI is InChI=1S/C12H15F2N3O2/c1-16-6-2-3-8(16)7-15-12-10(17(18)19)5-4-9(13)11(12)14/h4-5,8,15H,2-3,6-7H2,1H3. The fourth-order valence-electron chi connectivity index (χ4n) is 2.32. The van der Waals surface area contributed by atoms with Crippen LogP contribution in [0.3, 0.4) is 0 Å². The fourth-order valence-corrected chi connectivity index (χ4v) is 2.32. The average Bonchev–Trinajstić information content (AvgIpc) is 2.76. The van der Waals surface area contributed by atoms with Crippen LogP contribution in [0.1, 0.15) is 12.8 Å². The number of rotatable bonds is 4. The van der Waals surface area contributed by atoms with E-state index in [1.54, 1.807) is 0 Å². The van der Waals surface area contributed by atoms with Gasteiger partial charge in [-0.1, -0.05) is 0 Å². The van der Waals surface area contributed by atoms with E-state index in [4.69, 9.17) is 0 Å². The lowest BCUT2D eigenvalue weighted by Gasteiger charge is -2.20. The van der Waals surface area contributed by atoms with E-state index in [-0.39, 0.29) is 11.7 Å². The van der Waals surface area contributed by atoms with Gasteiger partial charge in [-0.3, -0.25) is 10.1 Å². The molecule has 0 radical (unpaired) electrons. The Morgan fingerprint density at radius 2 is 2.26 bits per heavy atom. The zero-order valence-corrected chi connectivity index (χ0v) is 10.5. The maximum atomic E-state index is 13.6. The topological polar surface area (TPSA) is 58.4 Å². The molecule has 1 aliphatic heterocycles. The Morgan fingerprint density at radius 3 is 2.84 bits per heavy atom. The van der Waals surface area contributed by atoms with Gasteiger partial charge in [0.1, 0.15) is 0 Å². The van der Waals surface area contributed by atoms with Crippen LogP contribution in [0.15, 0.2) is 12.1 Å². The van der Waals surface area contributed by atoms with Crippen molar-refractivity contribution in [2.24, 2.45) is 0 Å². The Labute approximate surface area is 109 Å². The summed E-state index contributed by atoms with van der Waals surface area (Å²) in [5.74, 6) is -2.29. The van der Waals surface area contributed by atoms with E-state index in [1.807, 2.05) is 7.05 Å². The first kappa shape index (κ1) is 13.7. The molecule has 0 spiro atoms. The van der Waals surface area contributed by atoms with Gasteiger partial charge in [-0.2, -0.15) is 0 Å². The minimum atomic E-state index is -1.20. The lowest BCUT2D eigenvalue weighted by Crippen LogP contribution is -2.31. The van der Waals surface area contributed by atoms with Crippen molar-refractivity contribution < 1.29 is 13.7 Å². The summed E-state index contributed by atoms with van der Waals surface area (Å²) in [6, 6.07) is 1.92. The van der Waals surface area contributed by atoms with Crippen LogP contribution in [0.5, 0.6) is 0 Å². The minimum Gasteiger partial charge on any atom is -0.375 e. The van der Waals surface area contributed by atoms with Crippen LogP contribution >= 0.6 is 0 Å². The quantitative estimate of drug-likeness (QED) is 0.674. The summed E-state index contributed by atoms with van der Waals surface area (Å²) in [6.07, 6.45) is 1.98. The van der Waals surface area contributed by atoms with Crippen molar-refractivity contribution >= 4 is 11.4 Å². The molecule has 5 nitrogen and oxygen atoms in total. The van der Waals surface area contributed by atoms with Gasteiger partial charge in [-0.05, 0) is 32.5 Å². The number of halogens is 2. The molecule has 0 amide bonds. The van der Waals surface area contributed by atoms with Gasteiger partial charge >= 0.3 is 0 Å². The molecule has 1 aromatic carbocycles. The van der Waals surface area contributed by atoms with E-state index in [0.29, 0.717) is 6.54 Å². The van der Waals surface area contributed by atoms with Crippen LogP contribution in [0, 0.1) is 21.7 Å². The van der Waals surface area contributed by atoms with Crippen LogP contribution < -0.4 is 5.32 Å². The van der Waals surface area contributed by atoms with Gasteiger partial charge < -0.3 is 10.2 Å². The summed E-state index contributed by atoms with van der Waals surface area (Å²) in [7, 11) is 1.94. The maximum absolute atomic E-state index is 13.6. The molecule has 7 heteroatoms. The second-order valence-corrected chi connectivity index (χ2v) is 4.67. The Bertz CT molecular complexity index is 496. The molecule has 0 saturated carbocycles. The zero-order chi connectivity index (χ0) is 14.0. The molecule has 1 N–H and O–H groups in total. The molecule has 1 aliphatic rings. The molecule has 1 atom stereocenters. The van der Waals surface area contributed by atoms with E-state index >= 15 is 0 Å². The van der Waals surface area contributed by atoms with Crippen molar-refractivity contribution in [3.8, 4) is 0 Å². The average molecular weight is 271 g/mol. The first-order valence-electron chi connectivity index (χ1n) is 6.07. The molecule has 2 rings (SSSR count). The number of likely N-dealkylation sites (N-methyl/N-ethyl adjacent to an activating group) is 1. The van der Waals surface area contributed by atoms with Crippen molar-refractivity contribution in [2.45, 2.75) is 18.9 Å². The van der Waals surface area contributed by atoms with Crippen molar-refractivity contribution in [1.29, 1.82) is 0 Å². The van der Waals surface area contributed by atoms with Crippen molar-refractivity contribution in [3.63, 3.8) is 0 Å². The van der Waals surface area contributed by atoms with Crippen molar-refractivity contribution in [2.75, 3.05) is 25.5 Å². The van der Waals surface area contributed by atoms with Gasteiger partial charge in [0.15, 0.2) is 17.3 Å². The molecule has 1 heterocycles. The van der Waals surface area contributed by atoms with Gasteiger partial charge in [0.25, 0.3) is 5.69 Å². The number of nitro benzene ring substituents is 1. The molecule has 0 bridgehead atoms. The highest BCUT2D eigenvalue weighted by Gasteiger charge is 2.25. The lowest BCUT2D eigenvalue weighted by atomic mass is 10.2. The number of nitrogens with zero attached hydrogens (tertiary/aromatic N) is 2. The summed E-state index contributed by atoms with van der Waals surface area (Å²) < 4.78 is 26.8. The smallest absolute Gasteiger partial charge is 0.295 e. The lowest BCUT2D eigenvalue weighted by molar-refractivity contribution is -0.384. The van der Waals surface area contributed by atoms with Crippen LogP contribution in [0.25, 0.3) is 0 Å². The van der Waals surface area contributed by atoms with Gasteiger partial charge in [0, 0.05) is 18.7 Å². The highest BCUT2D eigenvalue weighted by Crippen LogP contribution is 2.29. The molecule has 1 fully saturated rings. The number of hydrogen-bond acceptors (Lipinski definition) is 4. The summed E-state index contributed by atoms with van der Waals surface area (Å²) >= 11 is 0. The van der Waals surface area contributed by atoms with Crippen LogP contribution in [-0.4, -0.2) is 36.0 Å². The molecular formula is C12H15F2N3O2. The maximum Gasteiger partial charge on any atom is 0.295 e. The normalized spacial score (nSPS) is 19.6. The Kier molecular flexibility index (Phi) is 3.94. The number of nitrogens with one attached hydrogen (secondary N) is 1. The summed E-state index contributed by atoms with van der Waals surface area (Å²) in [5.41, 5.74) is -0.815. The zero-order valence-electron chi connectivity index (χ0n) is 10.5. The van der Waals surface area contributed by atoms with E-state index in [2.05, 4.69) is 10.2 Å². The molecule has 0 aromatic heterocycles. The second kappa shape index (κ2) is 5.48. The predicted octanol–water partition coefficient (Wildman–Crippen LogP) is 2.38. The number of hydrogen-bond donors (Lipinski definition) is 1. The molecule has 104 valence electrons. The van der Waals surface area contributed by atoms with E-state index < -0.39 is 22.2 Å². The number of nitro groups is 1. The third kappa shape index (κ3) is 2.81. The Balaban J connectivity index is 2.18. The molecule has 1 aromatic rings. The largest absolute Gasteiger partial charge is 0.375 e. The van der Waals surface area contributed by atoms with Crippen molar-refractivity contribution in [3.05, 3.63) is 33.9 Å². The Morgan fingerprint density at radius 1 is 1.53 bits per heavy atom. The number of benzene rings is 1. The number of likely N-dealkylation sites (tertiary alicyclic amines) is 1. The third-order valence-corrected chi connectivity index (χ3v) is 3.46. The number of anilines is 1. The van der Waals surface area contributed by atoms with Crippen molar-refractivity contribution in [1.82, 2.24) is 4.90 Å². The molecule has 1 saturated heterocycles. The monoisotopic (exact) mass is 271 g/mol. The van der Waals surface area contributed by atoms with E-state index in [9.17, 15) is 18.9 Å². The van der Waals surface area contributed by atoms with Crippen LogP contribution in [-0.2, 0) is 0 Å². The predicted molar refractivity (Wildman–Crippen MR) is 67.2 cm³/mol. The molecule has 19 heavy (non-hydrogen) atoms. The van der Waals surface area contributed by atoms with Crippen LogP contribution in [0.2, 0.25) is 0 Å². The summed E-state index contributed by atoms with van der Waals surface area (Å²) in [5, 5.41) is 13.5. The van der Waals surface area contributed by atoms with Gasteiger partial charge in [-0.15, -0.1) is 0 Å². The summed E-state index contributed by atoms with van der Waals surface area (Å²) in [4.78, 5) is 12.2. The SMILES string of the molecule is CN1CCCC1CNc1c([N+](=O)[O-])ccc(F)c1F. The Hall–Kier alpha value is -1.76. The highest BCUT2D eigenvalue weighted by atomic mass is 19.2. The first-order chi connectivity index (χ1) is 9.00. The van der Waals surface area contributed by atoms with Crippen LogP contribution in [0.4, 0.5) is 20.2 Å². The molecule has 1 unspecified atom stereocenters. The minimum absolute atomic E-state index is 0.183. The second-order valence-electron chi connectivity index (χ2n) is 4.67. The first-order valence-corrected chi connectivity index (χ1v) is 6.07. The molecular weight excluding hydrogens is 256 g/mol. The molecule has 0 aliphatic carbocycles. The fraction of sp³-hybridized carbons (Fsp3) is 0.500.